The maximum absolute atomic E-state index is 13.8. The Morgan fingerprint density at radius 3 is 1.89 bits per heavy atom. The van der Waals surface area contributed by atoms with E-state index in [4.69, 9.17) is 33.4 Å². The Morgan fingerprint density at radius 2 is 1.36 bits per heavy atom. The number of benzene rings is 3. The van der Waals surface area contributed by atoms with Gasteiger partial charge in [-0.1, -0.05) is 54.6 Å². The van der Waals surface area contributed by atoms with Crippen LogP contribution in [0.1, 0.15) is 43.7 Å². The second kappa shape index (κ2) is 15.5. The monoisotopic (exact) mass is 789 g/mol. The molecular weight excluding hydrogens is 754 g/mol. The summed E-state index contributed by atoms with van der Waals surface area (Å²) in [5.41, 5.74) is 0.561. The Bertz CT molecular complexity index is 2130. The quantitative estimate of drug-likeness (QED) is 0.0774. The summed E-state index contributed by atoms with van der Waals surface area (Å²) in [5.74, 6) is -0.656. The lowest BCUT2D eigenvalue weighted by Crippen LogP contribution is -2.40. The first-order valence-corrected chi connectivity index (χ1v) is 17.2. The zero-order valence-corrected chi connectivity index (χ0v) is 30.9. The van der Waals surface area contributed by atoms with Crippen molar-refractivity contribution in [3.05, 3.63) is 111 Å². The van der Waals surface area contributed by atoms with Gasteiger partial charge in [0.2, 0.25) is 5.95 Å². The molecule has 0 amide bonds. The number of aromatic amines is 1. The molecule has 1 fully saturated rings. The van der Waals surface area contributed by atoms with Crippen LogP contribution in [0.15, 0.2) is 88.4 Å². The Morgan fingerprint density at radius 1 is 0.811 bits per heavy atom. The lowest BCUT2D eigenvalue weighted by Gasteiger charge is -2.37. The van der Waals surface area contributed by atoms with Gasteiger partial charge in [0.25, 0.3) is 5.56 Å². The van der Waals surface area contributed by atoms with E-state index in [9.17, 15) is 19.2 Å². The molecule has 5 aromatic rings. The topological polar surface area (TPSA) is 182 Å². The van der Waals surface area contributed by atoms with Crippen LogP contribution in [-0.2, 0) is 38.9 Å². The van der Waals surface area contributed by atoms with Gasteiger partial charge in [0, 0.05) is 20.8 Å². The average Bonchev–Trinajstić information content (AvgIpc) is 3.64. The first-order valence-electron chi connectivity index (χ1n) is 16.4. The number of carbonyl (C=O) groups excluding carboxylic acids is 3. The maximum Gasteiger partial charge on any atom is 0.303 e. The summed E-state index contributed by atoms with van der Waals surface area (Å²) < 4.78 is 35.1. The van der Waals surface area contributed by atoms with E-state index in [0.29, 0.717) is 11.5 Å². The summed E-state index contributed by atoms with van der Waals surface area (Å²) in [7, 11) is 3.17. The van der Waals surface area contributed by atoms with Gasteiger partial charge in [0.1, 0.15) is 29.7 Å². The van der Waals surface area contributed by atoms with Crippen molar-refractivity contribution < 1.29 is 42.8 Å². The van der Waals surface area contributed by atoms with Gasteiger partial charge in [-0.25, -0.2) is 4.98 Å². The molecule has 2 aromatic heterocycles. The first kappa shape index (κ1) is 37.0. The van der Waals surface area contributed by atoms with Crippen LogP contribution in [0.3, 0.4) is 0 Å². The van der Waals surface area contributed by atoms with Crippen LogP contribution in [0.2, 0.25) is 0 Å². The summed E-state index contributed by atoms with van der Waals surface area (Å²) in [5, 5.41) is 3.54. The fourth-order valence-electron chi connectivity index (χ4n) is 6.41. The number of carbonyl (C=O) groups is 3. The second-order valence-corrected chi connectivity index (χ2v) is 12.8. The van der Waals surface area contributed by atoms with Crippen LogP contribution in [0.5, 0.6) is 11.5 Å². The number of imidazole rings is 1. The number of H-pyrrole nitrogens is 1. The highest BCUT2D eigenvalue weighted by atomic mass is 79.9. The van der Waals surface area contributed by atoms with E-state index in [1.165, 1.54) is 25.3 Å². The van der Waals surface area contributed by atoms with E-state index in [0.717, 1.165) is 16.7 Å². The number of nitrogens with zero attached hydrogens (tertiary/aromatic N) is 3. The third-order valence-electron chi connectivity index (χ3n) is 8.66. The molecule has 0 radical (unpaired) electrons. The lowest BCUT2D eigenvalue weighted by atomic mass is 9.77. The summed E-state index contributed by atoms with van der Waals surface area (Å²) in [6.07, 6.45) is -4.75. The highest BCUT2D eigenvalue weighted by Gasteiger charge is 2.52. The van der Waals surface area contributed by atoms with Crippen LogP contribution in [0.25, 0.3) is 11.2 Å². The second-order valence-electron chi connectivity index (χ2n) is 12.1. The van der Waals surface area contributed by atoms with Crippen LogP contribution < -0.4 is 20.3 Å². The van der Waals surface area contributed by atoms with Gasteiger partial charge in [-0.15, -0.1) is 0 Å². The number of esters is 3. The molecule has 53 heavy (non-hydrogen) atoms. The number of anilines is 1. The molecule has 276 valence electrons. The van der Waals surface area contributed by atoms with Crippen LogP contribution in [0, 0.1) is 0 Å². The van der Waals surface area contributed by atoms with Crippen molar-refractivity contribution in [2.24, 2.45) is 0 Å². The van der Waals surface area contributed by atoms with Crippen molar-refractivity contribution in [1.82, 2.24) is 19.5 Å². The minimum absolute atomic E-state index is 0.0337. The Kier molecular flexibility index (Phi) is 10.8. The molecule has 1 aliphatic rings. The number of ether oxygens (including phenoxy) is 6. The molecule has 0 unspecified atom stereocenters. The first-order chi connectivity index (χ1) is 25.4. The van der Waals surface area contributed by atoms with E-state index < -0.39 is 53.5 Å². The van der Waals surface area contributed by atoms with E-state index in [1.807, 2.05) is 78.9 Å². The highest BCUT2D eigenvalue weighted by Crippen LogP contribution is 2.42. The number of rotatable bonds is 12. The zero-order chi connectivity index (χ0) is 37.9. The molecule has 6 rings (SSSR count). The van der Waals surface area contributed by atoms with Crippen LogP contribution in [-0.4, -0.2) is 76.6 Å². The van der Waals surface area contributed by atoms with Crippen molar-refractivity contribution >= 4 is 51.0 Å². The maximum atomic E-state index is 13.8. The zero-order valence-electron chi connectivity index (χ0n) is 29.3. The van der Waals surface area contributed by atoms with E-state index in [2.05, 4.69) is 31.2 Å². The molecule has 4 atom stereocenters. The van der Waals surface area contributed by atoms with Gasteiger partial charge >= 0.3 is 17.9 Å². The molecule has 0 bridgehead atoms. The Balaban J connectivity index is 1.54. The third-order valence-corrected chi connectivity index (χ3v) is 9.22. The predicted octanol–water partition coefficient (Wildman–Crippen LogP) is 4.63. The van der Waals surface area contributed by atoms with Gasteiger partial charge in [-0.3, -0.25) is 28.7 Å². The van der Waals surface area contributed by atoms with Crippen LogP contribution in [0.4, 0.5) is 5.95 Å². The average molecular weight is 791 g/mol. The van der Waals surface area contributed by atoms with E-state index >= 15 is 0 Å². The fraction of sp³-hybridized carbons (Fsp3) is 0.297. The molecule has 0 aliphatic carbocycles. The number of fused-ring (bicyclic) bond motifs is 1. The number of nitrogens with one attached hydrogen (secondary N) is 2. The van der Waals surface area contributed by atoms with Gasteiger partial charge in [-0.05, 0) is 56.9 Å². The largest absolute Gasteiger partial charge is 0.497 e. The fourth-order valence-corrected chi connectivity index (χ4v) is 6.95. The minimum atomic E-state index is -1.26. The van der Waals surface area contributed by atoms with Gasteiger partial charge in [-0.2, -0.15) is 4.98 Å². The Labute approximate surface area is 311 Å². The summed E-state index contributed by atoms with van der Waals surface area (Å²) in [4.78, 5) is 62.3. The number of methoxy groups -OCH3 is 2. The molecule has 3 aromatic carbocycles. The Hall–Kier alpha value is -5.74. The van der Waals surface area contributed by atoms with E-state index in [1.54, 1.807) is 14.2 Å². The number of aromatic nitrogens is 4. The molecule has 15 nitrogen and oxygen atoms in total. The van der Waals surface area contributed by atoms with Crippen molar-refractivity contribution in [2.75, 3.05) is 26.1 Å². The van der Waals surface area contributed by atoms with Crippen LogP contribution >= 0.6 is 15.9 Å². The van der Waals surface area contributed by atoms with Gasteiger partial charge in [0.05, 0.1) is 14.2 Å². The van der Waals surface area contributed by atoms with E-state index in [-0.39, 0.29) is 28.5 Å². The minimum Gasteiger partial charge on any atom is -0.497 e. The molecule has 2 N–H and O–H groups in total. The number of hydrogen-bond acceptors (Lipinski definition) is 13. The molecule has 1 aliphatic heterocycles. The lowest BCUT2D eigenvalue weighted by molar-refractivity contribution is -0.166. The summed E-state index contributed by atoms with van der Waals surface area (Å²) >= 11 is 3.43. The molecule has 1 saturated heterocycles. The molecular formula is C37H36BrN5O10. The molecule has 16 heteroatoms. The normalized spacial score (nSPS) is 18.3. The SMILES string of the molecule is COc1ccc(C(Nc2nc3c(nc(Br)n3[C@@H]3O[C@H](COC(C)=O)[C@@H](OC(C)=O)[C@H]3OC(C)=O)c(=O)[nH]2)(c2ccccc2)c2ccc(OC)cc2)cc1. The predicted molar refractivity (Wildman–Crippen MR) is 193 cm³/mol. The summed E-state index contributed by atoms with van der Waals surface area (Å²) in [6, 6.07) is 24.6. The number of halogens is 1. The molecule has 3 heterocycles. The van der Waals surface area contributed by atoms with Crippen molar-refractivity contribution in [1.29, 1.82) is 0 Å². The van der Waals surface area contributed by atoms with Gasteiger partial charge < -0.3 is 33.7 Å². The number of hydrogen-bond donors (Lipinski definition) is 2. The van der Waals surface area contributed by atoms with Crippen molar-refractivity contribution in [3.63, 3.8) is 0 Å². The smallest absolute Gasteiger partial charge is 0.303 e. The third kappa shape index (κ3) is 7.45. The molecule has 0 saturated carbocycles. The van der Waals surface area contributed by atoms with Crippen molar-refractivity contribution in [2.45, 2.75) is 50.8 Å². The standard InChI is InChI=1S/C37H36BrN5O10/c1-20(44)50-19-28-30(51-21(2)45)31(52-22(3)46)34(53-28)43-32-29(39-35(43)38)33(47)41-36(40-32)42-37(23-9-7-6-8-10-23,24-11-15-26(48-4)16-12-24)25-13-17-27(49-5)18-14-25/h6-18,28,30-31,34H,19H2,1-5H3,(H2,40,41,42,47)/t28-,30-,31-,34-/m1/s1. The summed E-state index contributed by atoms with van der Waals surface area (Å²) in [6.45, 7) is 3.27. The highest BCUT2D eigenvalue weighted by molar-refractivity contribution is 9.10. The van der Waals surface area contributed by atoms with Gasteiger partial charge in [0.15, 0.2) is 34.3 Å². The van der Waals surface area contributed by atoms with Crippen molar-refractivity contribution in [3.8, 4) is 11.5 Å². The molecule has 0 spiro atoms.